The average Bonchev–Trinajstić information content (AvgIpc) is 2.14. The highest BCUT2D eigenvalue weighted by Gasteiger charge is 2.15. The smallest absolute Gasteiger partial charge is 0.281 e. The Morgan fingerprint density at radius 3 is 1.50 bits per heavy atom. The zero-order chi connectivity index (χ0) is 14.4. The van der Waals surface area contributed by atoms with E-state index in [1.54, 1.807) is 0 Å². The Bertz CT molecular complexity index is 520. The summed E-state index contributed by atoms with van der Waals surface area (Å²) in [6, 6.07) is 10.3. The molecule has 0 unspecified atom stereocenters. The molecule has 1 aromatic rings. The van der Waals surface area contributed by atoms with Crippen molar-refractivity contribution in [2.45, 2.75) is 0 Å². The van der Waals surface area contributed by atoms with Gasteiger partial charge in [0, 0.05) is 19.8 Å². The quantitative estimate of drug-likeness (QED) is 0.780. The van der Waals surface area contributed by atoms with Gasteiger partial charge < -0.3 is 4.90 Å². The molecule has 0 fully saturated rings. The molecule has 0 saturated carbocycles. The third-order valence-corrected chi connectivity index (χ3v) is 3.95. The Morgan fingerprint density at radius 2 is 1.33 bits per heavy atom. The largest absolute Gasteiger partial charge is 0.378 e. The van der Waals surface area contributed by atoms with E-state index in [9.17, 15) is 16.8 Å². The molecule has 9 heteroatoms. The second-order valence-corrected chi connectivity index (χ2v) is 6.78. The number of rotatable bonds is 3. The predicted octanol–water partition coefficient (Wildman–Crippen LogP) is 0.472. The van der Waals surface area contributed by atoms with Crippen LogP contribution in [0.2, 0.25) is 0 Å². The fourth-order valence-corrected chi connectivity index (χ4v) is 2.42. The maximum atomic E-state index is 9.66. The second kappa shape index (κ2) is 6.69. The molecule has 0 aromatic heterocycles. The van der Waals surface area contributed by atoms with Crippen LogP contribution in [0.15, 0.2) is 30.3 Å². The van der Waals surface area contributed by atoms with Crippen LogP contribution in [0.5, 0.6) is 0 Å². The van der Waals surface area contributed by atoms with E-state index >= 15 is 0 Å². The Morgan fingerprint density at radius 1 is 0.944 bits per heavy atom. The third kappa shape index (κ3) is 10.0. The number of nitrogens with zero attached hydrogens (tertiary/aromatic N) is 1. The fourth-order valence-electron chi connectivity index (χ4n) is 0.914. The first kappa shape index (κ1) is 16.8. The first-order valence-electron chi connectivity index (χ1n) is 4.64. The van der Waals surface area contributed by atoms with Crippen molar-refractivity contribution in [2.24, 2.45) is 0 Å². The number of anilines is 1. The molecular weight excluding hydrogens is 282 g/mol. The van der Waals surface area contributed by atoms with Crippen molar-refractivity contribution in [1.82, 2.24) is 0 Å². The Kier molecular flexibility index (Phi) is 6.26. The van der Waals surface area contributed by atoms with Gasteiger partial charge >= 0.3 is 0 Å². The third-order valence-electron chi connectivity index (χ3n) is 1.57. The molecule has 1 aromatic carbocycles. The van der Waals surface area contributed by atoms with Gasteiger partial charge in [0.05, 0.1) is 0 Å². The van der Waals surface area contributed by atoms with Gasteiger partial charge in [0.1, 0.15) is 0 Å². The van der Waals surface area contributed by atoms with E-state index < -0.39 is 25.3 Å². The van der Waals surface area contributed by atoms with E-state index in [1.807, 2.05) is 32.3 Å². The fraction of sp³-hybridized carbons (Fsp3) is 0.333. The number of hydrogen-bond donors (Lipinski definition) is 2. The lowest BCUT2D eigenvalue weighted by molar-refractivity contribution is 0.471. The first-order valence-corrected chi connectivity index (χ1v) is 7.86. The first-order chi connectivity index (χ1) is 8.01. The Hall–Kier alpha value is -1.16. The molecule has 7 nitrogen and oxygen atoms in total. The molecular formula is C9H15NO6S2. The molecule has 0 aliphatic heterocycles. The van der Waals surface area contributed by atoms with E-state index in [4.69, 9.17) is 9.11 Å². The van der Waals surface area contributed by atoms with Gasteiger partial charge in [-0.1, -0.05) is 18.2 Å². The van der Waals surface area contributed by atoms with Crippen LogP contribution in [0.1, 0.15) is 0 Å². The number of para-hydroxylation sites is 1. The summed E-state index contributed by atoms with van der Waals surface area (Å²) in [6.45, 7) is 0. The maximum Gasteiger partial charge on any atom is 0.281 e. The molecule has 0 heterocycles. The van der Waals surface area contributed by atoms with E-state index in [0.29, 0.717) is 0 Å². The average molecular weight is 297 g/mol. The summed E-state index contributed by atoms with van der Waals surface area (Å²) in [6.07, 6.45) is 0. The zero-order valence-corrected chi connectivity index (χ0v) is 11.5. The monoisotopic (exact) mass is 297 g/mol. The lowest BCUT2D eigenvalue weighted by atomic mass is 10.3. The summed E-state index contributed by atoms with van der Waals surface area (Å²) in [7, 11) is -5.17. The maximum absolute atomic E-state index is 9.66. The summed E-state index contributed by atoms with van der Waals surface area (Å²) in [5.74, 6) is 0. The molecule has 1 rings (SSSR count). The predicted molar refractivity (Wildman–Crippen MR) is 68.7 cm³/mol. The van der Waals surface area contributed by atoms with Crippen molar-refractivity contribution < 1.29 is 25.9 Å². The van der Waals surface area contributed by atoms with Crippen LogP contribution in [-0.4, -0.2) is 45.1 Å². The van der Waals surface area contributed by atoms with Gasteiger partial charge in [-0.05, 0) is 12.1 Å². The van der Waals surface area contributed by atoms with Gasteiger partial charge in [-0.15, -0.1) is 0 Å². The van der Waals surface area contributed by atoms with Gasteiger partial charge in [-0.25, -0.2) is 0 Å². The molecule has 2 N–H and O–H groups in total. The van der Waals surface area contributed by atoms with Crippen LogP contribution in [-0.2, 0) is 20.2 Å². The molecule has 0 saturated heterocycles. The SMILES string of the molecule is CN(C)c1ccccc1.O=S(=O)(O)CS(=O)(=O)O. The molecule has 0 aliphatic rings. The Labute approximate surface area is 107 Å². The van der Waals surface area contributed by atoms with Crippen molar-refractivity contribution in [3.05, 3.63) is 30.3 Å². The Balaban J connectivity index is 0.000000321. The van der Waals surface area contributed by atoms with E-state index in [-0.39, 0.29) is 0 Å². The number of benzene rings is 1. The van der Waals surface area contributed by atoms with Crippen molar-refractivity contribution >= 4 is 25.9 Å². The topological polar surface area (TPSA) is 112 Å². The van der Waals surface area contributed by atoms with Crippen LogP contribution < -0.4 is 4.90 Å². The lowest BCUT2D eigenvalue weighted by Gasteiger charge is -2.10. The minimum atomic E-state index is -4.62. The van der Waals surface area contributed by atoms with Crippen LogP contribution in [0.3, 0.4) is 0 Å². The summed E-state index contributed by atoms with van der Waals surface area (Å²) in [5.41, 5.74) is 1.25. The number of hydrogen-bond acceptors (Lipinski definition) is 5. The molecule has 0 spiro atoms. The van der Waals surface area contributed by atoms with E-state index in [0.717, 1.165) is 0 Å². The molecule has 0 atom stereocenters. The molecule has 104 valence electrons. The highest BCUT2D eigenvalue weighted by Crippen LogP contribution is 2.07. The van der Waals surface area contributed by atoms with Gasteiger partial charge in [0.2, 0.25) is 5.08 Å². The van der Waals surface area contributed by atoms with E-state index in [1.165, 1.54) is 5.69 Å². The molecule has 0 amide bonds. The van der Waals surface area contributed by atoms with Gasteiger partial charge in [0.15, 0.2) is 0 Å². The van der Waals surface area contributed by atoms with Crippen molar-refractivity contribution in [3.63, 3.8) is 0 Å². The van der Waals surface area contributed by atoms with Crippen LogP contribution >= 0.6 is 0 Å². The summed E-state index contributed by atoms with van der Waals surface area (Å²) in [5, 5.41) is -1.65. The summed E-state index contributed by atoms with van der Waals surface area (Å²) in [4.78, 5) is 2.08. The lowest BCUT2D eigenvalue weighted by Crippen LogP contribution is -2.13. The molecule has 0 radical (unpaired) electrons. The van der Waals surface area contributed by atoms with Crippen molar-refractivity contribution in [3.8, 4) is 0 Å². The van der Waals surface area contributed by atoms with Crippen LogP contribution in [0.4, 0.5) is 5.69 Å². The van der Waals surface area contributed by atoms with E-state index in [2.05, 4.69) is 17.0 Å². The van der Waals surface area contributed by atoms with Gasteiger partial charge in [-0.3, -0.25) is 9.11 Å². The minimum absolute atomic E-state index is 1.25. The molecule has 0 bridgehead atoms. The standard InChI is InChI=1S/C8H11N.CH4O6S2/c1-9(2)8-6-4-3-5-7-8;2-8(3,4)1-9(5,6)7/h3-7H,1-2H3;1H2,(H,2,3,4)(H,5,6,7). The minimum Gasteiger partial charge on any atom is -0.378 e. The summed E-state index contributed by atoms with van der Waals surface area (Å²) < 4.78 is 54.2. The van der Waals surface area contributed by atoms with Crippen molar-refractivity contribution in [2.75, 3.05) is 24.1 Å². The molecule has 18 heavy (non-hydrogen) atoms. The summed E-state index contributed by atoms with van der Waals surface area (Å²) >= 11 is 0. The van der Waals surface area contributed by atoms with Crippen LogP contribution in [0.25, 0.3) is 0 Å². The van der Waals surface area contributed by atoms with Gasteiger partial charge in [0.25, 0.3) is 20.2 Å². The second-order valence-electron chi connectivity index (χ2n) is 3.51. The highest BCUT2D eigenvalue weighted by molar-refractivity contribution is 8.02. The van der Waals surface area contributed by atoms with Crippen molar-refractivity contribution in [1.29, 1.82) is 0 Å². The van der Waals surface area contributed by atoms with Gasteiger partial charge in [-0.2, -0.15) is 16.8 Å². The highest BCUT2D eigenvalue weighted by atomic mass is 32.3. The normalized spacial score (nSPS) is 11.3. The zero-order valence-electron chi connectivity index (χ0n) is 9.88. The van der Waals surface area contributed by atoms with Crippen LogP contribution in [0, 0.1) is 0 Å². The molecule has 0 aliphatic carbocycles.